The van der Waals surface area contributed by atoms with Crippen LogP contribution in [-0.2, 0) is 10.3 Å². The van der Waals surface area contributed by atoms with Crippen molar-refractivity contribution in [1.82, 2.24) is 10.3 Å². The fourth-order valence-corrected chi connectivity index (χ4v) is 4.69. The molecule has 2 rings (SSSR count). The molecule has 1 atom stereocenters. The highest BCUT2D eigenvalue weighted by molar-refractivity contribution is 7.12. The van der Waals surface area contributed by atoms with Gasteiger partial charge in [0.05, 0.1) is 5.69 Å². The van der Waals surface area contributed by atoms with Gasteiger partial charge in [-0.3, -0.25) is 0 Å². The average Bonchev–Trinajstić information content (AvgIpc) is 2.70. The first-order valence-electron chi connectivity index (χ1n) is 8.48. The first kappa shape index (κ1) is 16.9. The van der Waals surface area contributed by atoms with Crippen molar-refractivity contribution in [2.75, 3.05) is 13.2 Å². The lowest BCUT2D eigenvalue weighted by Crippen LogP contribution is -2.29. The molecular weight excluding hydrogens is 280 g/mol. The van der Waals surface area contributed by atoms with Gasteiger partial charge in [0.15, 0.2) is 0 Å². The van der Waals surface area contributed by atoms with E-state index in [1.807, 2.05) is 11.3 Å². The second-order valence-corrected chi connectivity index (χ2v) is 7.12. The zero-order valence-electron chi connectivity index (χ0n) is 14.0. The number of rotatable bonds is 6. The van der Waals surface area contributed by atoms with Crippen LogP contribution in [0.2, 0.25) is 0 Å². The number of nitrogens with zero attached hydrogens (tertiary/aromatic N) is 1. The van der Waals surface area contributed by atoms with Gasteiger partial charge in [-0.15, -0.1) is 11.3 Å². The number of aromatic nitrogens is 1. The van der Waals surface area contributed by atoms with Gasteiger partial charge in [0.25, 0.3) is 0 Å². The Bertz CT molecular complexity index is 436. The van der Waals surface area contributed by atoms with Crippen LogP contribution < -0.4 is 5.32 Å². The van der Waals surface area contributed by atoms with Gasteiger partial charge in [-0.1, -0.05) is 32.6 Å². The largest absolute Gasteiger partial charge is 0.368 e. The molecule has 3 nitrogen and oxygen atoms in total. The summed E-state index contributed by atoms with van der Waals surface area (Å²) in [5, 5.41) is 4.72. The van der Waals surface area contributed by atoms with Crippen LogP contribution in [0.5, 0.6) is 0 Å². The molecule has 1 saturated carbocycles. The van der Waals surface area contributed by atoms with E-state index < -0.39 is 0 Å². The Morgan fingerprint density at radius 1 is 1.24 bits per heavy atom. The third kappa shape index (κ3) is 3.85. The van der Waals surface area contributed by atoms with Crippen molar-refractivity contribution >= 4 is 11.3 Å². The first-order chi connectivity index (χ1) is 10.1. The molecule has 1 aromatic heterocycles. The Kier molecular flexibility index (Phi) is 6.20. The molecule has 0 bridgehead atoms. The van der Waals surface area contributed by atoms with Crippen molar-refractivity contribution in [2.24, 2.45) is 0 Å². The van der Waals surface area contributed by atoms with E-state index >= 15 is 0 Å². The standard InChI is InChI=1S/C17H30N2OS/c1-5-18-13(3)15-14(4)19-16(21-15)17(20-6-2)11-9-7-8-10-12-17/h13,18H,5-12H2,1-4H3. The Labute approximate surface area is 133 Å². The molecular formula is C17H30N2OS. The lowest BCUT2D eigenvalue weighted by molar-refractivity contribution is -0.0560. The number of thiazole rings is 1. The Hall–Kier alpha value is -0.450. The fourth-order valence-electron chi connectivity index (χ4n) is 3.40. The van der Waals surface area contributed by atoms with E-state index in [2.05, 4.69) is 33.0 Å². The van der Waals surface area contributed by atoms with Crippen molar-refractivity contribution in [2.45, 2.75) is 77.9 Å². The molecule has 0 saturated heterocycles. The van der Waals surface area contributed by atoms with Crippen molar-refractivity contribution in [3.8, 4) is 0 Å². The third-order valence-corrected chi connectivity index (χ3v) is 5.98. The predicted molar refractivity (Wildman–Crippen MR) is 89.9 cm³/mol. The molecule has 1 heterocycles. The summed E-state index contributed by atoms with van der Waals surface area (Å²) in [7, 11) is 0. The quantitative estimate of drug-likeness (QED) is 0.773. The number of hydrogen-bond acceptors (Lipinski definition) is 4. The van der Waals surface area contributed by atoms with Crippen molar-refractivity contribution < 1.29 is 4.74 Å². The minimum Gasteiger partial charge on any atom is -0.368 e. The molecule has 0 aromatic carbocycles. The van der Waals surface area contributed by atoms with E-state index in [1.165, 1.54) is 41.3 Å². The molecule has 1 fully saturated rings. The zero-order valence-corrected chi connectivity index (χ0v) is 14.8. The summed E-state index contributed by atoms with van der Waals surface area (Å²) in [6.07, 6.45) is 7.44. The highest BCUT2D eigenvalue weighted by atomic mass is 32.1. The molecule has 1 aliphatic carbocycles. The average molecular weight is 311 g/mol. The van der Waals surface area contributed by atoms with E-state index in [1.54, 1.807) is 0 Å². The predicted octanol–water partition coefficient (Wildman–Crippen LogP) is 4.71. The fraction of sp³-hybridized carbons (Fsp3) is 0.824. The van der Waals surface area contributed by atoms with E-state index in [0.29, 0.717) is 6.04 Å². The lowest BCUT2D eigenvalue weighted by atomic mass is 9.95. The van der Waals surface area contributed by atoms with Gasteiger partial charge in [0.1, 0.15) is 10.6 Å². The molecule has 1 aliphatic rings. The second kappa shape index (κ2) is 7.70. The Morgan fingerprint density at radius 3 is 2.48 bits per heavy atom. The van der Waals surface area contributed by atoms with Gasteiger partial charge >= 0.3 is 0 Å². The molecule has 0 radical (unpaired) electrons. The number of nitrogens with one attached hydrogen (secondary N) is 1. The van der Waals surface area contributed by atoms with Gasteiger partial charge in [-0.05, 0) is 40.2 Å². The topological polar surface area (TPSA) is 34.1 Å². The molecule has 21 heavy (non-hydrogen) atoms. The van der Waals surface area contributed by atoms with E-state index in [9.17, 15) is 0 Å². The smallest absolute Gasteiger partial charge is 0.125 e. The van der Waals surface area contributed by atoms with Crippen molar-refractivity contribution in [3.63, 3.8) is 0 Å². The number of hydrogen-bond donors (Lipinski definition) is 1. The monoisotopic (exact) mass is 310 g/mol. The number of ether oxygens (including phenoxy) is 1. The maximum Gasteiger partial charge on any atom is 0.125 e. The Balaban J connectivity index is 2.30. The van der Waals surface area contributed by atoms with Crippen LogP contribution in [0.1, 0.15) is 80.9 Å². The molecule has 4 heteroatoms. The molecule has 1 aromatic rings. The first-order valence-corrected chi connectivity index (χ1v) is 9.29. The Morgan fingerprint density at radius 2 is 1.90 bits per heavy atom. The van der Waals surface area contributed by atoms with Crippen LogP contribution in [0.25, 0.3) is 0 Å². The van der Waals surface area contributed by atoms with Crippen molar-refractivity contribution in [3.05, 3.63) is 15.6 Å². The van der Waals surface area contributed by atoms with Gasteiger partial charge in [0.2, 0.25) is 0 Å². The van der Waals surface area contributed by atoms with Crippen LogP contribution in [0, 0.1) is 6.92 Å². The highest BCUT2D eigenvalue weighted by Gasteiger charge is 2.37. The van der Waals surface area contributed by atoms with Crippen LogP contribution in [-0.4, -0.2) is 18.1 Å². The van der Waals surface area contributed by atoms with Crippen LogP contribution in [0.15, 0.2) is 0 Å². The molecule has 0 spiro atoms. The van der Waals surface area contributed by atoms with E-state index in [0.717, 1.165) is 26.0 Å². The summed E-state index contributed by atoms with van der Waals surface area (Å²) in [6, 6.07) is 0.380. The molecule has 120 valence electrons. The normalized spacial score (nSPS) is 20.2. The SMILES string of the molecule is CCNC(C)c1sc(C2(OCC)CCCCCC2)nc1C. The minimum atomic E-state index is -0.120. The molecule has 0 aliphatic heterocycles. The van der Waals surface area contributed by atoms with Gasteiger partial charge in [0, 0.05) is 17.5 Å². The van der Waals surface area contributed by atoms with Crippen LogP contribution in [0.4, 0.5) is 0 Å². The summed E-state index contributed by atoms with van der Waals surface area (Å²) >= 11 is 1.86. The lowest BCUT2D eigenvalue weighted by Gasteiger charge is -2.30. The van der Waals surface area contributed by atoms with E-state index in [4.69, 9.17) is 9.72 Å². The zero-order chi connectivity index (χ0) is 15.3. The summed E-state index contributed by atoms with van der Waals surface area (Å²) in [5.41, 5.74) is 1.05. The van der Waals surface area contributed by atoms with Gasteiger partial charge in [-0.25, -0.2) is 4.98 Å². The van der Waals surface area contributed by atoms with Gasteiger partial charge in [-0.2, -0.15) is 0 Å². The summed E-state index contributed by atoms with van der Waals surface area (Å²) < 4.78 is 6.27. The van der Waals surface area contributed by atoms with Gasteiger partial charge < -0.3 is 10.1 Å². The summed E-state index contributed by atoms with van der Waals surface area (Å²) in [4.78, 5) is 6.29. The summed E-state index contributed by atoms with van der Waals surface area (Å²) in [5.74, 6) is 0. The number of aryl methyl sites for hydroxylation is 1. The molecule has 1 N–H and O–H groups in total. The maximum atomic E-state index is 6.27. The highest BCUT2D eigenvalue weighted by Crippen LogP contribution is 2.42. The third-order valence-electron chi connectivity index (χ3n) is 4.46. The summed E-state index contributed by atoms with van der Waals surface area (Å²) in [6.45, 7) is 10.4. The maximum absolute atomic E-state index is 6.27. The van der Waals surface area contributed by atoms with Crippen LogP contribution in [0.3, 0.4) is 0 Å². The molecule has 1 unspecified atom stereocenters. The second-order valence-electron chi connectivity index (χ2n) is 6.09. The molecule has 0 amide bonds. The van der Waals surface area contributed by atoms with E-state index in [-0.39, 0.29) is 5.60 Å². The van der Waals surface area contributed by atoms with Crippen LogP contribution >= 0.6 is 11.3 Å². The minimum absolute atomic E-state index is 0.120. The van der Waals surface area contributed by atoms with Crippen molar-refractivity contribution in [1.29, 1.82) is 0 Å².